The Morgan fingerprint density at radius 2 is 1.74 bits per heavy atom. The van der Waals surface area contributed by atoms with Crippen LogP contribution in [0, 0.1) is 6.92 Å². The maximum Gasteiger partial charge on any atom is 0.271 e. The molecule has 0 fully saturated rings. The van der Waals surface area contributed by atoms with E-state index in [1.807, 2.05) is 30.3 Å². The summed E-state index contributed by atoms with van der Waals surface area (Å²) in [6.45, 7) is 2.05. The van der Waals surface area contributed by atoms with Gasteiger partial charge in [0.2, 0.25) is 0 Å². The number of hydrogen-bond acceptors (Lipinski definition) is 3. The molecule has 0 aliphatic rings. The molecular weight excluding hydrogens is 410 g/mol. The van der Waals surface area contributed by atoms with E-state index in [1.54, 1.807) is 24.3 Å². The van der Waals surface area contributed by atoms with E-state index < -0.39 is 0 Å². The van der Waals surface area contributed by atoms with Crippen molar-refractivity contribution in [2.45, 2.75) is 6.92 Å². The van der Waals surface area contributed by atoms with Crippen molar-refractivity contribution in [3.05, 3.63) is 107 Å². The number of hydrogen-bond donors (Lipinski definition) is 2. The largest absolute Gasteiger partial charge is 0.506 e. The highest BCUT2D eigenvalue weighted by molar-refractivity contribution is 6.32. The van der Waals surface area contributed by atoms with Gasteiger partial charge in [0.25, 0.3) is 5.91 Å². The lowest BCUT2D eigenvalue weighted by Gasteiger charge is -2.12. The van der Waals surface area contributed by atoms with Crippen LogP contribution in [0.1, 0.15) is 21.6 Å². The lowest BCUT2D eigenvalue weighted by atomic mass is 10.1. The van der Waals surface area contributed by atoms with Crippen LogP contribution in [0.4, 0.5) is 0 Å². The van der Waals surface area contributed by atoms with E-state index >= 15 is 0 Å². The number of aromatic hydroxyl groups is 1. The molecule has 4 aromatic rings. The third-order valence-corrected chi connectivity index (χ3v) is 5.19. The van der Waals surface area contributed by atoms with Gasteiger partial charge in [0, 0.05) is 16.9 Å². The second kappa shape index (κ2) is 8.90. The van der Waals surface area contributed by atoms with Crippen molar-refractivity contribution in [2.75, 3.05) is 0 Å². The molecule has 0 spiro atoms. The highest BCUT2D eigenvalue weighted by atomic mass is 35.5. The van der Waals surface area contributed by atoms with Crippen molar-refractivity contribution in [1.29, 1.82) is 0 Å². The van der Waals surface area contributed by atoms with E-state index in [2.05, 4.69) is 46.3 Å². The van der Waals surface area contributed by atoms with Crippen LogP contribution in [0.15, 0.2) is 90.0 Å². The van der Waals surface area contributed by atoms with E-state index in [1.165, 1.54) is 12.3 Å². The monoisotopic (exact) mass is 429 g/mol. The summed E-state index contributed by atoms with van der Waals surface area (Å²) in [4.78, 5) is 12.4. The van der Waals surface area contributed by atoms with Gasteiger partial charge in [-0.25, -0.2) is 5.43 Å². The number of nitrogens with one attached hydrogen (secondary N) is 1. The van der Waals surface area contributed by atoms with Gasteiger partial charge >= 0.3 is 0 Å². The summed E-state index contributed by atoms with van der Waals surface area (Å²) in [5.74, 6) is -0.323. The van der Waals surface area contributed by atoms with Crippen LogP contribution in [-0.2, 0) is 0 Å². The van der Waals surface area contributed by atoms with E-state index in [9.17, 15) is 9.90 Å². The van der Waals surface area contributed by atoms with Gasteiger partial charge in [-0.2, -0.15) is 5.10 Å². The van der Waals surface area contributed by atoms with Gasteiger partial charge in [-0.3, -0.25) is 4.79 Å². The van der Waals surface area contributed by atoms with Crippen molar-refractivity contribution < 1.29 is 9.90 Å². The summed E-state index contributed by atoms with van der Waals surface area (Å²) in [5, 5.41) is 13.6. The summed E-state index contributed by atoms with van der Waals surface area (Å²) < 4.78 is 2.16. The van der Waals surface area contributed by atoms with Gasteiger partial charge in [0.05, 0.1) is 16.9 Å². The average molecular weight is 430 g/mol. The number of amides is 1. The van der Waals surface area contributed by atoms with Gasteiger partial charge < -0.3 is 9.67 Å². The van der Waals surface area contributed by atoms with Crippen LogP contribution in [-0.4, -0.2) is 21.8 Å². The topological polar surface area (TPSA) is 66.6 Å². The van der Waals surface area contributed by atoms with Crippen molar-refractivity contribution in [1.82, 2.24) is 9.99 Å². The molecule has 0 aliphatic heterocycles. The molecule has 1 aromatic heterocycles. The maximum absolute atomic E-state index is 12.4. The molecule has 0 atom stereocenters. The number of halogens is 1. The van der Waals surface area contributed by atoms with Crippen LogP contribution >= 0.6 is 11.6 Å². The van der Waals surface area contributed by atoms with E-state index in [0.717, 1.165) is 22.6 Å². The zero-order valence-electron chi connectivity index (χ0n) is 16.8. The van der Waals surface area contributed by atoms with Crippen LogP contribution < -0.4 is 5.43 Å². The Bertz CT molecular complexity index is 1250. The first-order valence-electron chi connectivity index (χ1n) is 9.69. The Kier molecular flexibility index (Phi) is 5.87. The molecule has 1 amide bonds. The molecule has 0 radical (unpaired) electrons. The summed E-state index contributed by atoms with van der Waals surface area (Å²) in [6, 6.07) is 26.4. The predicted molar refractivity (Wildman–Crippen MR) is 124 cm³/mol. The summed E-state index contributed by atoms with van der Waals surface area (Å²) >= 11 is 5.87. The number of nitrogens with zero attached hydrogens (tertiary/aromatic N) is 2. The third-order valence-electron chi connectivity index (χ3n) is 4.88. The summed E-state index contributed by atoms with van der Waals surface area (Å²) in [6.07, 6.45) is 1.47. The Morgan fingerprint density at radius 3 is 2.45 bits per heavy atom. The lowest BCUT2D eigenvalue weighted by Crippen LogP contribution is -2.17. The molecule has 5 nitrogen and oxygen atoms in total. The first kappa shape index (κ1) is 20.4. The minimum absolute atomic E-state index is 0.00343. The second-order valence-corrected chi connectivity index (χ2v) is 7.43. The summed E-state index contributed by atoms with van der Waals surface area (Å²) in [7, 11) is 0. The molecular formula is C25H20ClN3O2. The number of benzene rings is 3. The van der Waals surface area contributed by atoms with Gasteiger partial charge in [0.15, 0.2) is 0 Å². The highest BCUT2D eigenvalue weighted by Gasteiger charge is 2.10. The molecule has 4 rings (SSSR count). The van der Waals surface area contributed by atoms with Gasteiger partial charge in [-0.15, -0.1) is 0 Å². The fourth-order valence-corrected chi connectivity index (χ4v) is 3.50. The Hall–Kier alpha value is -3.83. The van der Waals surface area contributed by atoms with Gasteiger partial charge in [0.1, 0.15) is 5.75 Å². The highest BCUT2D eigenvalue weighted by Crippen LogP contribution is 2.26. The number of phenolic OH excluding ortho intramolecular Hbond substituents is 1. The van der Waals surface area contributed by atoms with Crippen molar-refractivity contribution in [3.63, 3.8) is 0 Å². The number of phenols is 1. The molecule has 0 unspecified atom stereocenters. The predicted octanol–water partition coefficient (Wildman–Crippen LogP) is 5.58. The summed E-state index contributed by atoms with van der Waals surface area (Å²) in [5.41, 5.74) is 7.95. The minimum atomic E-state index is -0.319. The fourth-order valence-electron chi connectivity index (χ4n) is 3.31. The first-order chi connectivity index (χ1) is 15.0. The molecule has 0 bridgehead atoms. The molecule has 31 heavy (non-hydrogen) atoms. The van der Waals surface area contributed by atoms with Crippen LogP contribution in [0.25, 0.3) is 16.9 Å². The molecule has 2 N–H and O–H groups in total. The maximum atomic E-state index is 12.4. The van der Waals surface area contributed by atoms with Crippen LogP contribution in [0.2, 0.25) is 5.02 Å². The third kappa shape index (κ3) is 4.52. The average Bonchev–Trinajstić information content (AvgIpc) is 3.18. The Labute approximate surface area is 185 Å². The molecule has 0 saturated heterocycles. The smallest absolute Gasteiger partial charge is 0.271 e. The molecule has 1 heterocycles. The molecule has 6 heteroatoms. The molecule has 154 valence electrons. The normalized spacial score (nSPS) is 11.0. The minimum Gasteiger partial charge on any atom is -0.506 e. The molecule has 3 aromatic carbocycles. The SMILES string of the molecule is Cc1ccc(-c2ccccc2)n1-c1ccc(C(=O)N/N=C/c2ccc(O)c(Cl)c2)cc1. The zero-order valence-corrected chi connectivity index (χ0v) is 17.5. The van der Waals surface area contributed by atoms with Gasteiger partial charge in [-0.05, 0) is 72.6 Å². The lowest BCUT2D eigenvalue weighted by molar-refractivity contribution is 0.0955. The number of aryl methyl sites for hydroxylation is 1. The Morgan fingerprint density at radius 1 is 1.00 bits per heavy atom. The number of carbonyl (C=O) groups excluding carboxylic acids is 1. The van der Waals surface area contributed by atoms with Crippen LogP contribution in [0.5, 0.6) is 5.75 Å². The molecule has 0 aliphatic carbocycles. The quantitative estimate of drug-likeness (QED) is 0.321. The van der Waals surface area contributed by atoms with E-state index in [-0.39, 0.29) is 16.7 Å². The standard InChI is InChI=1S/C25H20ClN3O2/c1-17-7-13-23(19-5-3-2-4-6-19)29(17)21-11-9-20(10-12-21)25(31)28-27-16-18-8-14-24(30)22(26)15-18/h2-16,30H,1H3,(H,28,31)/b27-16+. The van der Waals surface area contributed by atoms with Crippen molar-refractivity contribution >= 4 is 23.7 Å². The number of hydrazone groups is 1. The molecule has 0 saturated carbocycles. The fraction of sp³-hybridized carbons (Fsp3) is 0.0400. The Balaban J connectivity index is 1.50. The van der Waals surface area contributed by atoms with Crippen LogP contribution in [0.3, 0.4) is 0 Å². The van der Waals surface area contributed by atoms with E-state index in [0.29, 0.717) is 11.1 Å². The van der Waals surface area contributed by atoms with Crippen molar-refractivity contribution in [3.8, 4) is 22.7 Å². The zero-order chi connectivity index (χ0) is 21.8. The second-order valence-electron chi connectivity index (χ2n) is 7.02. The van der Waals surface area contributed by atoms with Gasteiger partial charge in [-0.1, -0.05) is 41.9 Å². The van der Waals surface area contributed by atoms with E-state index in [4.69, 9.17) is 11.6 Å². The first-order valence-corrected chi connectivity index (χ1v) is 10.1. The number of aromatic nitrogens is 1. The van der Waals surface area contributed by atoms with Crippen molar-refractivity contribution in [2.24, 2.45) is 5.10 Å². The number of carbonyl (C=O) groups is 1. The number of rotatable bonds is 5.